The molecule has 4 aliphatic rings. The predicted molar refractivity (Wildman–Crippen MR) is 181 cm³/mol. The van der Waals surface area contributed by atoms with Gasteiger partial charge in [-0.15, -0.1) is 0 Å². The third-order valence-electron chi connectivity index (χ3n) is 10.2. The van der Waals surface area contributed by atoms with Gasteiger partial charge in [0, 0.05) is 42.7 Å². The zero-order valence-corrected chi connectivity index (χ0v) is 27.4. The first kappa shape index (κ1) is 32.2. The second-order valence-corrected chi connectivity index (χ2v) is 13.9. The fourth-order valence-electron chi connectivity index (χ4n) is 7.59. The van der Waals surface area contributed by atoms with Gasteiger partial charge in [0.1, 0.15) is 23.7 Å². The minimum atomic E-state index is -1.35. The summed E-state index contributed by atoms with van der Waals surface area (Å²) in [6.07, 6.45) is 7.72. The molecule has 11 heteroatoms. The SMILES string of the molecule is C[C@H](NC(=O)[C@@H]1C[C@@H](F)CN1C(=O)CNC(=O)c1ccc2cc(F)ccc2n1)c1ccc(N2C3CCC2CN(C)C3)cc1/C=C/C1CC1. The Morgan fingerprint density at radius 2 is 1.77 bits per heavy atom. The van der Waals surface area contributed by atoms with Crippen molar-refractivity contribution in [3.05, 3.63) is 77.2 Å². The lowest BCUT2D eigenvalue weighted by Gasteiger charge is -2.41. The molecule has 3 amide bonds. The molecule has 48 heavy (non-hydrogen) atoms. The molecule has 4 heterocycles. The van der Waals surface area contributed by atoms with E-state index in [1.165, 1.54) is 60.5 Å². The molecular weight excluding hydrogens is 614 g/mol. The van der Waals surface area contributed by atoms with Gasteiger partial charge in [0.2, 0.25) is 11.8 Å². The number of piperazine rings is 1. The number of hydrogen-bond acceptors (Lipinski definition) is 6. The highest BCUT2D eigenvalue weighted by molar-refractivity contribution is 5.97. The number of aromatic nitrogens is 1. The number of likely N-dealkylation sites (N-methyl/N-ethyl adjacent to an activating group) is 1. The topological polar surface area (TPSA) is 97.9 Å². The van der Waals surface area contributed by atoms with Crippen LogP contribution in [0.5, 0.6) is 0 Å². The standard InChI is InChI=1S/C37H42F2N6O3/c1-22(31-12-11-28(16-24(31)6-5-23-3-4-23)45-29-9-10-30(45)21-43(2)20-29)41-37(48)34-17-27(39)19-44(34)35(46)18-40-36(47)33-13-7-25-15-26(38)8-14-32(25)42-33/h5-8,11-16,22-23,27,29-30,34H,3-4,9-10,17-21H2,1-2H3,(H,40,47)(H,41,48)/b6-5+/t22-,27+,29?,30?,34-/m0/s1. The third-order valence-corrected chi connectivity index (χ3v) is 10.2. The van der Waals surface area contributed by atoms with Gasteiger partial charge in [-0.3, -0.25) is 14.4 Å². The molecule has 9 nitrogen and oxygen atoms in total. The average molecular weight is 657 g/mol. The molecule has 252 valence electrons. The molecule has 0 radical (unpaired) electrons. The number of allylic oxidation sites excluding steroid dienone is 1. The van der Waals surface area contributed by atoms with E-state index in [4.69, 9.17) is 0 Å². The lowest BCUT2D eigenvalue weighted by atomic mass is 9.98. The number of carbonyl (C=O) groups is 3. The third kappa shape index (κ3) is 6.78. The lowest BCUT2D eigenvalue weighted by Crippen LogP contribution is -2.52. The molecule has 3 saturated heterocycles. The van der Waals surface area contributed by atoms with Crippen LogP contribution in [0, 0.1) is 11.7 Å². The molecule has 1 saturated carbocycles. The van der Waals surface area contributed by atoms with Crippen LogP contribution < -0.4 is 15.5 Å². The Balaban J connectivity index is 1.02. The fraction of sp³-hybridized carbons (Fsp3) is 0.459. The van der Waals surface area contributed by atoms with Gasteiger partial charge < -0.3 is 25.3 Å². The first-order valence-corrected chi connectivity index (χ1v) is 17.0. The van der Waals surface area contributed by atoms with Crippen molar-refractivity contribution in [3.63, 3.8) is 0 Å². The number of nitrogens with one attached hydrogen (secondary N) is 2. The molecule has 7 rings (SSSR count). The van der Waals surface area contributed by atoms with Crippen molar-refractivity contribution in [2.45, 2.75) is 69.4 Å². The quantitative estimate of drug-likeness (QED) is 0.349. The summed E-state index contributed by atoms with van der Waals surface area (Å²) in [6, 6.07) is 13.2. The van der Waals surface area contributed by atoms with E-state index in [0.717, 1.165) is 24.2 Å². The summed E-state index contributed by atoms with van der Waals surface area (Å²) in [7, 11) is 2.19. The van der Waals surface area contributed by atoms with E-state index < -0.39 is 42.3 Å². The van der Waals surface area contributed by atoms with Gasteiger partial charge in [0.05, 0.1) is 24.6 Å². The van der Waals surface area contributed by atoms with Gasteiger partial charge in [-0.2, -0.15) is 0 Å². The summed E-state index contributed by atoms with van der Waals surface area (Å²) >= 11 is 0. The number of nitrogens with zero attached hydrogens (tertiary/aromatic N) is 4. The summed E-state index contributed by atoms with van der Waals surface area (Å²) in [4.78, 5) is 50.0. The Morgan fingerprint density at radius 3 is 2.52 bits per heavy atom. The van der Waals surface area contributed by atoms with Gasteiger partial charge in [-0.25, -0.2) is 13.8 Å². The first-order chi connectivity index (χ1) is 23.1. The Bertz CT molecular complexity index is 1750. The van der Waals surface area contributed by atoms with Crippen LogP contribution in [-0.2, 0) is 9.59 Å². The Labute approximate surface area is 279 Å². The number of pyridine rings is 1. The number of benzene rings is 2. The maximum atomic E-state index is 14.7. The van der Waals surface area contributed by atoms with Crippen LogP contribution in [0.4, 0.5) is 14.5 Å². The highest BCUT2D eigenvalue weighted by Gasteiger charge is 2.41. The van der Waals surface area contributed by atoms with Crippen molar-refractivity contribution < 1.29 is 23.2 Å². The van der Waals surface area contributed by atoms with Crippen LogP contribution in [0.25, 0.3) is 17.0 Å². The van der Waals surface area contributed by atoms with Crippen LogP contribution in [0.3, 0.4) is 0 Å². The van der Waals surface area contributed by atoms with Crippen molar-refractivity contribution in [2.75, 3.05) is 38.1 Å². The van der Waals surface area contributed by atoms with Gasteiger partial charge in [0.15, 0.2) is 0 Å². The summed E-state index contributed by atoms with van der Waals surface area (Å²) in [5.41, 5.74) is 3.73. The van der Waals surface area contributed by atoms with E-state index in [0.29, 0.717) is 28.9 Å². The van der Waals surface area contributed by atoms with Crippen molar-refractivity contribution in [1.82, 2.24) is 25.4 Å². The summed E-state index contributed by atoms with van der Waals surface area (Å²) < 4.78 is 28.2. The Hall–Kier alpha value is -4.38. The Kier molecular flexibility index (Phi) is 8.89. The van der Waals surface area contributed by atoms with Crippen LogP contribution in [0.15, 0.2) is 54.6 Å². The molecule has 2 unspecified atom stereocenters. The van der Waals surface area contributed by atoms with Crippen LogP contribution in [0.1, 0.15) is 66.7 Å². The number of alkyl halides is 1. The predicted octanol–water partition coefficient (Wildman–Crippen LogP) is 4.63. The summed E-state index contributed by atoms with van der Waals surface area (Å²) in [6.45, 7) is 3.38. The molecule has 1 aromatic heterocycles. The molecule has 2 N–H and O–H groups in total. The molecular formula is C37H42F2N6O3. The van der Waals surface area contributed by atoms with Crippen LogP contribution in [0.2, 0.25) is 0 Å². The van der Waals surface area contributed by atoms with Crippen LogP contribution in [-0.4, -0.2) is 90.0 Å². The maximum Gasteiger partial charge on any atom is 0.270 e. The van der Waals surface area contributed by atoms with E-state index in [9.17, 15) is 23.2 Å². The zero-order valence-electron chi connectivity index (χ0n) is 27.4. The highest BCUT2D eigenvalue weighted by Crippen LogP contribution is 2.37. The van der Waals surface area contributed by atoms with Gasteiger partial charge in [-0.05, 0) is 93.1 Å². The van der Waals surface area contributed by atoms with Crippen LogP contribution >= 0.6 is 0 Å². The number of rotatable bonds is 9. The second-order valence-electron chi connectivity index (χ2n) is 13.9. The van der Waals surface area contributed by atoms with E-state index >= 15 is 0 Å². The molecule has 5 atom stereocenters. The van der Waals surface area contributed by atoms with Gasteiger partial charge in [0.25, 0.3) is 5.91 Å². The molecule has 4 fully saturated rings. The monoisotopic (exact) mass is 656 g/mol. The van der Waals surface area contributed by atoms with E-state index in [2.05, 4.69) is 62.8 Å². The van der Waals surface area contributed by atoms with E-state index in [1.54, 1.807) is 6.07 Å². The minimum absolute atomic E-state index is 0.0626. The van der Waals surface area contributed by atoms with Crippen molar-refractivity contribution >= 4 is 40.4 Å². The minimum Gasteiger partial charge on any atom is -0.363 e. The molecule has 3 aliphatic heterocycles. The molecule has 2 bridgehead atoms. The summed E-state index contributed by atoms with van der Waals surface area (Å²) in [5, 5.41) is 6.14. The number of likely N-dealkylation sites (tertiary alicyclic amines) is 2. The molecule has 2 aromatic carbocycles. The molecule has 3 aromatic rings. The lowest BCUT2D eigenvalue weighted by molar-refractivity contribution is -0.138. The van der Waals surface area contributed by atoms with Gasteiger partial charge in [-0.1, -0.05) is 24.3 Å². The normalized spacial score (nSPS) is 24.8. The Morgan fingerprint density at radius 1 is 1.00 bits per heavy atom. The number of halogens is 2. The number of fused-ring (bicyclic) bond motifs is 3. The average Bonchev–Trinajstić information content (AvgIpc) is 3.75. The second kappa shape index (κ2) is 13.3. The number of anilines is 1. The number of carbonyl (C=O) groups excluding carboxylic acids is 3. The van der Waals surface area contributed by atoms with Crippen molar-refractivity contribution in [3.8, 4) is 0 Å². The summed E-state index contributed by atoms with van der Waals surface area (Å²) in [5.74, 6) is -1.40. The van der Waals surface area contributed by atoms with E-state index in [-0.39, 0.29) is 24.7 Å². The largest absolute Gasteiger partial charge is 0.363 e. The smallest absolute Gasteiger partial charge is 0.270 e. The van der Waals surface area contributed by atoms with Crippen molar-refractivity contribution in [1.29, 1.82) is 0 Å². The molecule has 1 aliphatic carbocycles. The number of hydrogen-bond donors (Lipinski definition) is 2. The van der Waals surface area contributed by atoms with Gasteiger partial charge >= 0.3 is 0 Å². The highest BCUT2D eigenvalue weighted by atomic mass is 19.1. The maximum absolute atomic E-state index is 14.7. The van der Waals surface area contributed by atoms with Crippen molar-refractivity contribution in [2.24, 2.45) is 5.92 Å². The fourth-order valence-corrected chi connectivity index (χ4v) is 7.59. The number of amides is 3. The first-order valence-electron chi connectivity index (χ1n) is 17.0. The zero-order chi connectivity index (χ0) is 33.5. The van der Waals surface area contributed by atoms with E-state index in [1.807, 2.05) is 6.92 Å². The molecule has 0 spiro atoms.